The lowest BCUT2D eigenvalue weighted by molar-refractivity contribution is -0.163. The van der Waals surface area contributed by atoms with Gasteiger partial charge in [-0.25, -0.2) is 4.98 Å². The van der Waals surface area contributed by atoms with Gasteiger partial charge in [-0.05, 0) is 31.2 Å². The maximum absolute atomic E-state index is 13.1. The summed E-state index contributed by atoms with van der Waals surface area (Å²) >= 11 is 0. The molecule has 0 aliphatic heterocycles. The average molecular weight is 480 g/mol. The molecule has 1 aromatic rings. The Balaban J connectivity index is 2.28. The number of allylic oxidation sites excluding steroid dienone is 3. The zero-order chi connectivity index (χ0) is 24.9. The van der Waals surface area contributed by atoms with Crippen molar-refractivity contribution in [3.8, 4) is 5.88 Å². The Bertz CT molecular complexity index is 786. The van der Waals surface area contributed by atoms with Gasteiger partial charge in [-0.15, -0.1) is 0 Å². The number of nitrogens with zero attached hydrogens (tertiary/aromatic N) is 1. The van der Waals surface area contributed by atoms with E-state index in [0.29, 0.717) is 37.6 Å². The number of halogens is 6. The van der Waals surface area contributed by atoms with Crippen molar-refractivity contribution in [2.24, 2.45) is 5.92 Å². The van der Waals surface area contributed by atoms with Crippen LogP contribution in [-0.2, 0) is 17.1 Å². The molecule has 0 bridgehead atoms. The highest BCUT2D eigenvalue weighted by Crippen LogP contribution is 2.43. The first-order chi connectivity index (χ1) is 15.4. The van der Waals surface area contributed by atoms with E-state index in [4.69, 9.17) is 4.74 Å². The van der Waals surface area contributed by atoms with Gasteiger partial charge in [0.15, 0.2) is 0 Å². The van der Waals surface area contributed by atoms with Gasteiger partial charge >= 0.3 is 12.4 Å². The Morgan fingerprint density at radius 1 is 1.03 bits per heavy atom. The molecule has 1 amide bonds. The van der Waals surface area contributed by atoms with Crippen LogP contribution < -0.4 is 10.1 Å². The summed E-state index contributed by atoms with van der Waals surface area (Å²) in [4.78, 5) is 14.8. The van der Waals surface area contributed by atoms with Gasteiger partial charge in [0, 0.05) is 18.8 Å². The molecule has 4 nitrogen and oxygen atoms in total. The minimum absolute atomic E-state index is 0.141. The van der Waals surface area contributed by atoms with Crippen LogP contribution >= 0.6 is 0 Å². The number of nitrogens with one attached hydrogen (secondary N) is 1. The van der Waals surface area contributed by atoms with Crippen LogP contribution in [0, 0.1) is 5.92 Å². The Morgan fingerprint density at radius 2 is 1.70 bits per heavy atom. The van der Waals surface area contributed by atoms with Gasteiger partial charge in [0.1, 0.15) is 5.56 Å². The quantitative estimate of drug-likeness (QED) is 0.148. The van der Waals surface area contributed by atoms with Crippen molar-refractivity contribution in [1.82, 2.24) is 10.3 Å². The Kier molecular flexibility index (Phi) is 12.0. The van der Waals surface area contributed by atoms with Crippen molar-refractivity contribution in [1.29, 1.82) is 0 Å². The lowest BCUT2D eigenvalue weighted by Gasteiger charge is -2.18. The molecule has 186 valence electrons. The van der Waals surface area contributed by atoms with Crippen molar-refractivity contribution in [2.45, 2.75) is 64.7 Å². The van der Waals surface area contributed by atoms with Crippen LogP contribution in [0.4, 0.5) is 26.3 Å². The van der Waals surface area contributed by atoms with E-state index in [1.54, 1.807) is 12.2 Å². The smallest absolute Gasteiger partial charge is 0.422 e. The molecule has 0 saturated heterocycles. The fourth-order valence-electron chi connectivity index (χ4n) is 2.81. The molecule has 0 atom stereocenters. The molecule has 0 aliphatic carbocycles. The number of unbranched alkanes of at least 4 members (excludes halogenated alkanes) is 5. The van der Waals surface area contributed by atoms with Crippen LogP contribution in [0.3, 0.4) is 0 Å². The van der Waals surface area contributed by atoms with Crippen molar-refractivity contribution < 1.29 is 35.9 Å². The van der Waals surface area contributed by atoms with Crippen LogP contribution in [0.2, 0.25) is 0 Å². The summed E-state index contributed by atoms with van der Waals surface area (Å²) in [6, 6.07) is 0.293. The van der Waals surface area contributed by atoms with Gasteiger partial charge in [-0.1, -0.05) is 51.3 Å². The molecule has 1 N–H and O–H groups in total. The van der Waals surface area contributed by atoms with Crippen LogP contribution in [0.15, 0.2) is 36.6 Å². The maximum atomic E-state index is 13.1. The second kappa shape index (κ2) is 13.9. The third-order valence-corrected chi connectivity index (χ3v) is 4.44. The fourth-order valence-corrected chi connectivity index (χ4v) is 2.81. The Hall–Kier alpha value is -2.52. The summed E-state index contributed by atoms with van der Waals surface area (Å²) in [7, 11) is 0. The molecule has 10 heteroatoms. The molecule has 1 rings (SSSR count). The van der Waals surface area contributed by atoms with E-state index in [-0.39, 0.29) is 12.5 Å². The number of hydrogen-bond donors (Lipinski definition) is 1. The van der Waals surface area contributed by atoms with E-state index in [1.165, 1.54) is 6.08 Å². The van der Waals surface area contributed by atoms with Crippen molar-refractivity contribution in [3.05, 3.63) is 47.7 Å². The molecule has 0 unspecified atom stereocenters. The topological polar surface area (TPSA) is 51.2 Å². The second-order valence-corrected chi connectivity index (χ2v) is 7.87. The lowest BCUT2D eigenvalue weighted by Crippen LogP contribution is -2.25. The number of carbonyl (C=O) groups excluding carboxylic acids is 1. The first-order valence-corrected chi connectivity index (χ1v) is 10.8. The first kappa shape index (κ1) is 28.5. The van der Waals surface area contributed by atoms with Crippen LogP contribution in [0.1, 0.15) is 63.5 Å². The number of ether oxygens (including phenoxy) is 1. The third kappa shape index (κ3) is 11.8. The highest BCUT2D eigenvalue weighted by atomic mass is 19.4. The molecule has 1 heterocycles. The predicted molar refractivity (Wildman–Crippen MR) is 114 cm³/mol. The molecule has 33 heavy (non-hydrogen) atoms. The normalized spacial score (nSPS) is 12.8. The summed E-state index contributed by atoms with van der Waals surface area (Å²) < 4.78 is 83.0. The lowest BCUT2D eigenvalue weighted by atomic mass is 10.1. The van der Waals surface area contributed by atoms with Gasteiger partial charge in [0.05, 0.1) is 12.2 Å². The molecule has 0 spiro atoms. The zero-order valence-corrected chi connectivity index (χ0v) is 18.7. The zero-order valence-electron chi connectivity index (χ0n) is 18.7. The van der Waals surface area contributed by atoms with E-state index in [9.17, 15) is 31.1 Å². The van der Waals surface area contributed by atoms with Crippen molar-refractivity contribution >= 4 is 5.91 Å². The van der Waals surface area contributed by atoms with Gasteiger partial charge in [-0.3, -0.25) is 4.79 Å². The number of carbonyl (C=O) groups is 1. The molecule has 0 saturated carbocycles. The van der Waals surface area contributed by atoms with Crippen LogP contribution in [0.25, 0.3) is 0 Å². The van der Waals surface area contributed by atoms with Crippen molar-refractivity contribution in [2.75, 3.05) is 13.2 Å². The van der Waals surface area contributed by atoms with Crippen LogP contribution in [-0.4, -0.2) is 24.0 Å². The monoisotopic (exact) mass is 480 g/mol. The van der Waals surface area contributed by atoms with E-state index in [0.717, 1.165) is 25.7 Å². The number of amides is 1. The SMILES string of the molecule is CC(C)CNC(=O)/C=C/C=C/CCCCCCCOc1nccc(C(F)(F)F)c1C(F)(F)F. The van der Waals surface area contributed by atoms with Crippen LogP contribution in [0.5, 0.6) is 5.88 Å². The van der Waals surface area contributed by atoms with E-state index >= 15 is 0 Å². The standard InChI is InChI=1S/C23H30F6N2O2/c1-17(2)16-31-19(32)12-10-8-6-4-3-5-7-9-11-15-33-21-20(23(27,28)29)18(13-14-30-21)22(24,25)26/h6,8,10,12-14,17H,3-5,7,9,11,15-16H2,1-2H3,(H,31,32)/b8-6+,12-10+. The first-order valence-electron chi connectivity index (χ1n) is 10.8. The Morgan fingerprint density at radius 3 is 2.33 bits per heavy atom. The van der Waals surface area contributed by atoms with Gasteiger partial charge in [0.25, 0.3) is 0 Å². The largest absolute Gasteiger partial charge is 0.477 e. The average Bonchev–Trinajstić information content (AvgIpc) is 2.71. The highest BCUT2D eigenvalue weighted by Gasteiger charge is 2.46. The number of alkyl halides is 6. The number of hydrogen-bond acceptors (Lipinski definition) is 3. The third-order valence-electron chi connectivity index (χ3n) is 4.44. The number of rotatable bonds is 13. The predicted octanol–water partition coefficient (Wildman–Crippen LogP) is 6.72. The minimum Gasteiger partial charge on any atom is -0.477 e. The highest BCUT2D eigenvalue weighted by molar-refractivity contribution is 5.87. The molecular weight excluding hydrogens is 450 g/mol. The molecule has 0 fully saturated rings. The summed E-state index contributed by atoms with van der Waals surface area (Å²) in [5.41, 5.74) is -3.70. The van der Waals surface area contributed by atoms with E-state index in [1.807, 2.05) is 19.9 Å². The van der Waals surface area contributed by atoms with Gasteiger partial charge in [0.2, 0.25) is 11.8 Å². The van der Waals surface area contributed by atoms with Gasteiger partial charge < -0.3 is 10.1 Å². The van der Waals surface area contributed by atoms with Crippen molar-refractivity contribution in [3.63, 3.8) is 0 Å². The summed E-state index contributed by atoms with van der Waals surface area (Å²) in [6.07, 6.45) is 1.63. The van der Waals surface area contributed by atoms with E-state index in [2.05, 4.69) is 10.3 Å². The molecular formula is C23H30F6N2O2. The molecule has 0 aromatic carbocycles. The second-order valence-electron chi connectivity index (χ2n) is 7.87. The maximum Gasteiger partial charge on any atom is 0.422 e. The fraction of sp³-hybridized carbons (Fsp3) is 0.565. The number of pyridine rings is 1. The minimum atomic E-state index is -5.23. The number of aromatic nitrogens is 1. The summed E-state index contributed by atoms with van der Waals surface area (Å²) in [5.74, 6) is -0.800. The molecule has 0 aliphatic rings. The molecule has 0 radical (unpaired) electrons. The Labute approximate surface area is 190 Å². The van der Waals surface area contributed by atoms with Gasteiger partial charge in [-0.2, -0.15) is 26.3 Å². The summed E-state index contributed by atoms with van der Waals surface area (Å²) in [6.45, 7) is 4.49. The molecule has 1 aromatic heterocycles. The summed E-state index contributed by atoms with van der Waals surface area (Å²) in [5, 5.41) is 2.77. The van der Waals surface area contributed by atoms with E-state index < -0.39 is 29.4 Å².